The highest BCUT2D eigenvalue weighted by Crippen LogP contribution is 2.25. The van der Waals surface area contributed by atoms with Gasteiger partial charge in [-0.05, 0) is 56.1 Å². The van der Waals surface area contributed by atoms with Crippen molar-refractivity contribution >= 4 is 27.0 Å². The van der Waals surface area contributed by atoms with Crippen LogP contribution in [0.2, 0.25) is 0 Å². The van der Waals surface area contributed by atoms with Gasteiger partial charge in [-0.15, -0.1) is 0 Å². The standard InChI is InChI=1S/C18H25N3O2S/c1-21-10-4-6-16(21)12-15-13-19-18-8-7-14(11-17(15)18)5-3-9-20-24(2,22)23/h3,5,7-8,11,13,16,19-20H,4,6,9-10,12H2,1-2H3/b5-3+. The van der Waals surface area contributed by atoms with Crippen LogP contribution < -0.4 is 4.72 Å². The van der Waals surface area contributed by atoms with E-state index in [0.717, 1.165) is 17.5 Å². The lowest BCUT2D eigenvalue weighted by Crippen LogP contribution is -2.26. The van der Waals surface area contributed by atoms with Gasteiger partial charge < -0.3 is 9.88 Å². The quantitative estimate of drug-likeness (QED) is 0.843. The Morgan fingerprint density at radius 1 is 1.42 bits per heavy atom. The Balaban J connectivity index is 1.74. The van der Waals surface area contributed by atoms with E-state index in [-0.39, 0.29) is 0 Å². The predicted octanol–water partition coefficient (Wildman–Crippen LogP) is 2.37. The van der Waals surface area contributed by atoms with Gasteiger partial charge in [-0.1, -0.05) is 18.2 Å². The molecule has 24 heavy (non-hydrogen) atoms. The summed E-state index contributed by atoms with van der Waals surface area (Å²) >= 11 is 0. The predicted molar refractivity (Wildman–Crippen MR) is 99.5 cm³/mol. The fourth-order valence-corrected chi connectivity index (χ4v) is 3.75. The molecule has 1 saturated heterocycles. The molecule has 2 aromatic rings. The van der Waals surface area contributed by atoms with Gasteiger partial charge in [0.05, 0.1) is 6.26 Å². The number of fused-ring (bicyclic) bond motifs is 1. The summed E-state index contributed by atoms with van der Waals surface area (Å²) in [4.78, 5) is 5.80. The lowest BCUT2D eigenvalue weighted by atomic mass is 10.0. The first-order chi connectivity index (χ1) is 11.4. The number of hydrogen-bond acceptors (Lipinski definition) is 3. The minimum absolute atomic E-state index is 0.309. The van der Waals surface area contributed by atoms with E-state index in [1.165, 1.54) is 36.6 Å². The van der Waals surface area contributed by atoms with Crippen LogP contribution in [0.5, 0.6) is 0 Å². The molecular weight excluding hydrogens is 322 g/mol. The molecule has 1 aliphatic rings. The van der Waals surface area contributed by atoms with Crippen molar-refractivity contribution in [1.29, 1.82) is 0 Å². The zero-order valence-corrected chi connectivity index (χ0v) is 15.1. The van der Waals surface area contributed by atoms with Crippen LogP contribution in [0.3, 0.4) is 0 Å². The van der Waals surface area contributed by atoms with Crippen LogP contribution in [0.25, 0.3) is 17.0 Å². The minimum Gasteiger partial charge on any atom is -0.361 e. The molecule has 1 aliphatic heterocycles. The van der Waals surface area contributed by atoms with Crippen molar-refractivity contribution in [3.8, 4) is 0 Å². The first-order valence-electron chi connectivity index (χ1n) is 8.34. The Labute approximate surface area is 143 Å². The third-order valence-corrected chi connectivity index (χ3v) is 5.38. The van der Waals surface area contributed by atoms with Gasteiger partial charge in [-0.25, -0.2) is 13.1 Å². The van der Waals surface area contributed by atoms with Crippen LogP contribution in [0.15, 0.2) is 30.5 Å². The van der Waals surface area contributed by atoms with Crippen molar-refractivity contribution in [2.24, 2.45) is 0 Å². The number of H-pyrrole nitrogens is 1. The van der Waals surface area contributed by atoms with Gasteiger partial charge in [0.15, 0.2) is 0 Å². The van der Waals surface area contributed by atoms with Gasteiger partial charge in [0.25, 0.3) is 0 Å². The number of sulfonamides is 1. The highest BCUT2D eigenvalue weighted by molar-refractivity contribution is 7.88. The smallest absolute Gasteiger partial charge is 0.208 e. The first kappa shape index (κ1) is 17.2. The van der Waals surface area contributed by atoms with E-state index < -0.39 is 10.0 Å². The van der Waals surface area contributed by atoms with E-state index in [4.69, 9.17) is 0 Å². The molecule has 0 amide bonds. The summed E-state index contributed by atoms with van der Waals surface area (Å²) in [5.74, 6) is 0. The second-order valence-corrected chi connectivity index (χ2v) is 8.46. The van der Waals surface area contributed by atoms with Gasteiger partial charge >= 0.3 is 0 Å². The Hall–Kier alpha value is -1.63. The van der Waals surface area contributed by atoms with Crippen LogP contribution in [0.4, 0.5) is 0 Å². The van der Waals surface area contributed by atoms with Crippen LogP contribution in [0, 0.1) is 0 Å². The van der Waals surface area contributed by atoms with Crippen molar-refractivity contribution < 1.29 is 8.42 Å². The zero-order valence-electron chi connectivity index (χ0n) is 14.2. The van der Waals surface area contributed by atoms with Crippen molar-refractivity contribution in [1.82, 2.24) is 14.6 Å². The van der Waals surface area contributed by atoms with E-state index in [0.29, 0.717) is 12.6 Å². The van der Waals surface area contributed by atoms with Crippen LogP contribution in [-0.2, 0) is 16.4 Å². The number of likely N-dealkylation sites (tertiary alicyclic amines) is 1. The molecule has 130 valence electrons. The molecule has 1 unspecified atom stereocenters. The average molecular weight is 347 g/mol. The number of aromatic nitrogens is 1. The SMILES string of the molecule is CN1CCCC1Cc1c[nH]c2ccc(/C=C/CNS(C)(=O)=O)cc12. The van der Waals surface area contributed by atoms with Crippen molar-refractivity contribution in [3.63, 3.8) is 0 Å². The Kier molecular flexibility index (Phi) is 5.08. The molecule has 0 bridgehead atoms. The maximum Gasteiger partial charge on any atom is 0.208 e. The molecule has 2 N–H and O–H groups in total. The van der Waals surface area contributed by atoms with Gasteiger partial charge in [0.1, 0.15) is 0 Å². The largest absolute Gasteiger partial charge is 0.361 e. The first-order valence-corrected chi connectivity index (χ1v) is 10.2. The molecule has 2 heterocycles. The zero-order chi connectivity index (χ0) is 17.2. The molecule has 1 atom stereocenters. The molecule has 0 radical (unpaired) electrons. The summed E-state index contributed by atoms with van der Waals surface area (Å²) in [6, 6.07) is 6.93. The molecule has 1 aromatic carbocycles. The molecular formula is C18H25N3O2S. The van der Waals surface area contributed by atoms with Gasteiger partial charge in [-0.2, -0.15) is 0 Å². The normalized spacial score (nSPS) is 19.7. The monoisotopic (exact) mass is 347 g/mol. The summed E-state index contributed by atoms with van der Waals surface area (Å²) in [5, 5.41) is 1.26. The lowest BCUT2D eigenvalue weighted by Gasteiger charge is -2.18. The number of aromatic amines is 1. The van der Waals surface area contributed by atoms with E-state index in [1.54, 1.807) is 0 Å². The maximum atomic E-state index is 11.1. The third kappa shape index (κ3) is 4.26. The van der Waals surface area contributed by atoms with Crippen molar-refractivity contribution in [2.45, 2.75) is 25.3 Å². The topological polar surface area (TPSA) is 65.2 Å². The number of rotatable bonds is 6. The highest BCUT2D eigenvalue weighted by atomic mass is 32.2. The summed E-state index contributed by atoms with van der Waals surface area (Å²) < 4.78 is 24.6. The molecule has 5 nitrogen and oxygen atoms in total. The number of likely N-dealkylation sites (N-methyl/N-ethyl adjacent to an activating group) is 1. The molecule has 6 heteroatoms. The van der Waals surface area contributed by atoms with Gasteiger partial charge in [0.2, 0.25) is 10.0 Å². The Morgan fingerprint density at radius 2 is 2.25 bits per heavy atom. The highest BCUT2D eigenvalue weighted by Gasteiger charge is 2.22. The van der Waals surface area contributed by atoms with Crippen molar-refractivity contribution in [2.75, 3.05) is 26.4 Å². The third-order valence-electron chi connectivity index (χ3n) is 4.69. The molecule has 1 fully saturated rings. The maximum absolute atomic E-state index is 11.1. The summed E-state index contributed by atoms with van der Waals surface area (Å²) in [6.07, 6.45) is 10.7. The molecule has 3 rings (SSSR count). The average Bonchev–Trinajstić information content (AvgIpc) is 3.10. The molecule has 0 spiro atoms. The van der Waals surface area contributed by atoms with E-state index in [2.05, 4.69) is 40.0 Å². The number of benzene rings is 1. The minimum atomic E-state index is -3.14. The Morgan fingerprint density at radius 3 is 2.96 bits per heavy atom. The molecule has 0 saturated carbocycles. The lowest BCUT2D eigenvalue weighted by molar-refractivity contribution is 0.310. The molecule has 1 aromatic heterocycles. The van der Waals surface area contributed by atoms with Crippen LogP contribution in [-0.4, -0.2) is 50.7 Å². The summed E-state index contributed by atoms with van der Waals surface area (Å²) in [5.41, 5.74) is 3.59. The fraction of sp³-hybridized carbons (Fsp3) is 0.444. The van der Waals surface area contributed by atoms with Crippen molar-refractivity contribution in [3.05, 3.63) is 41.6 Å². The van der Waals surface area contributed by atoms with E-state index in [9.17, 15) is 8.42 Å². The Bertz CT molecular complexity index is 839. The second kappa shape index (κ2) is 7.09. The summed E-state index contributed by atoms with van der Waals surface area (Å²) in [7, 11) is -0.937. The van der Waals surface area contributed by atoms with E-state index in [1.807, 2.05) is 18.2 Å². The van der Waals surface area contributed by atoms with E-state index >= 15 is 0 Å². The van der Waals surface area contributed by atoms with Crippen LogP contribution in [0.1, 0.15) is 24.0 Å². The van der Waals surface area contributed by atoms with Gasteiger partial charge in [-0.3, -0.25) is 0 Å². The second-order valence-electron chi connectivity index (χ2n) is 6.62. The van der Waals surface area contributed by atoms with Gasteiger partial charge in [0, 0.05) is 29.7 Å². The number of hydrogen-bond donors (Lipinski definition) is 2. The number of nitrogens with one attached hydrogen (secondary N) is 2. The summed E-state index contributed by atoms with van der Waals surface area (Å²) in [6.45, 7) is 1.50. The van der Waals surface area contributed by atoms with Crippen LogP contribution >= 0.6 is 0 Å². The fourth-order valence-electron chi connectivity index (χ4n) is 3.35. The molecule has 0 aliphatic carbocycles. The number of nitrogens with zero attached hydrogens (tertiary/aromatic N) is 1.